The van der Waals surface area contributed by atoms with E-state index in [1.807, 2.05) is 18.4 Å². The van der Waals surface area contributed by atoms with Crippen LogP contribution in [0.3, 0.4) is 0 Å². The summed E-state index contributed by atoms with van der Waals surface area (Å²) in [7, 11) is 2.04. The monoisotopic (exact) mass is 259 g/mol. The van der Waals surface area contributed by atoms with Crippen molar-refractivity contribution in [3.63, 3.8) is 0 Å². The Morgan fingerprint density at radius 2 is 1.89 bits per heavy atom. The lowest BCUT2D eigenvalue weighted by Crippen LogP contribution is -2.18. The van der Waals surface area contributed by atoms with E-state index < -0.39 is 0 Å². The summed E-state index contributed by atoms with van der Waals surface area (Å²) in [6, 6.07) is 9.46. The Kier molecular flexibility index (Phi) is 4.20. The summed E-state index contributed by atoms with van der Waals surface area (Å²) in [4.78, 5) is 1.38. The zero-order chi connectivity index (χ0) is 13.1. The van der Waals surface area contributed by atoms with Gasteiger partial charge < -0.3 is 5.32 Å². The van der Waals surface area contributed by atoms with E-state index in [0.717, 1.165) is 6.42 Å². The zero-order valence-electron chi connectivity index (χ0n) is 11.6. The summed E-state index contributed by atoms with van der Waals surface area (Å²) in [5.74, 6) is 0. The van der Waals surface area contributed by atoms with E-state index in [1.165, 1.54) is 27.1 Å². The maximum Gasteiger partial charge on any atom is 0.0366 e. The van der Waals surface area contributed by atoms with Gasteiger partial charge in [-0.05, 0) is 67.9 Å². The van der Waals surface area contributed by atoms with Crippen LogP contribution in [0.25, 0.3) is 0 Å². The first-order chi connectivity index (χ1) is 8.60. The molecule has 1 aromatic heterocycles. The number of benzene rings is 1. The van der Waals surface area contributed by atoms with Crippen LogP contribution in [0.4, 0.5) is 0 Å². The highest BCUT2D eigenvalue weighted by Crippen LogP contribution is 2.24. The van der Waals surface area contributed by atoms with Crippen LogP contribution in [0, 0.1) is 20.8 Å². The van der Waals surface area contributed by atoms with Crippen molar-refractivity contribution in [1.29, 1.82) is 0 Å². The number of rotatable bonds is 4. The van der Waals surface area contributed by atoms with Gasteiger partial charge >= 0.3 is 0 Å². The van der Waals surface area contributed by atoms with E-state index in [-0.39, 0.29) is 0 Å². The molecule has 2 aromatic rings. The third-order valence-corrected chi connectivity index (χ3v) is 4.39. The number of likely N-dealkylation sites (N-methyl/N-ethyl adjacent to an activating group) is 1. The largest absolute Gasteiger partial charge is 0.313 e. The molecule has 1 aromatic carbocycles. The molecule has 0 radical (unpaired) electrons. The second-order valence-corrected chi connectivity index (χ2v) is 6.07. The molecule has 1 N–H and O–H groups in total. The molecule has 0 bridgehead atoms. The minimum absolute atomic E-state index is 0.414. The van der Waals surface area contributed by atoms with Crippen molar-refractivity contribution in [1.82, 2.24) is 5.32 Å². The molecule has 0 fully saturated rings. The van der Waals surface area contributed by atoms with Crippen LogP contribution in [0.1, 0.15) is 33.2 Å². The fourth-order valence-electron chi connectivity index (χ4n) is 2.20. The van der Waals surface area contributed by atoms with Crippen LogP contribution in [0.5, 0.6) is 0 Å². The second kappa shape index (κ2) is 5.68. The highest BCUT2D eigenvalue weighted by Gasteiger charge is 2.11. The fraction of sp³-hybridized carbons (Fsp3) is 0.375. The highest BCUT2D eigenvalue weighted by atomic mass is 32.1. The van der Waals surface area contributed by atoms with Crippen LogP contribution in [-0.4, -0.2) is 7.05 Å². The second-order valence-electron chi connectivity index (χ2n) is 4.95. The van der Waals surface area contributed by atoms with E-state index in [9.17, 15) is 0 Å². The quantitative estimate of drug-likeness (QED) is 0.868. The van der Waals surface area contributed by atoms with Gasteiger partial charge in [-0.3, -0.25) is 0 Å². The van der Waals surface area contributed by atoms with Crippen LogP contribution < -0.4 is 5.32 Å². The molecule has 0 aliphatic heterocycles. The molecule has 2 rings (SSSR count). The van der Waals surface area contributed by atoms with Gasteiger partial charge in [-0.25, -0.2) is 0 Å². The number of hydrogen-bond acceptors (Lipinski definition) is 2. The summed E-state index contributed by atoms with van der Waals surface area (Å²) >= 11 is 1.82. The highest BCUT2D eigenvalue weighted by molar-refractivity contribution is 7.10. The first-order valence-electron chi connectivity index (χ1n) is 6.38. The van der Waals surface area contributed by atoms with Crippen molar-refractivity contribution in [3.05, 3.63) is 56.8 Å². The van der Waals surface area contributed by atoms with E-state index in [4.69, 9.17) is 0 Å². The van der Waals surface area contributed by atoms with Gasteiger partial charge in [-0.15, -0.1) is 11.3 Å². The molecule has 0 spiro atoms. The molecular formula is C16H21NS. The Morgan fingerprint density at radius 1 is 1.11 bits per heavy atom. The molecule has 0 saturated carbocycles. The van der Waals surface area contributed by atoms with Gasteiger partial charge in [0.2, 0.25) is 0 Å². The lowest BCUT2D eigenvalue weighted by Gasteiger charge is -2.16. The maximum atomic E-state index is 3.42. The van der Waals surface area contributed by atoms with Gasteiger partial charge in [-0.1, -0.05) is 18.2 Å². The molecule has 0 aliphatic carbocycles. The molecule has 0 amide bonds. The molecule has 1 nitrogen and oxygen atoms in total. The Balaban J connectivity index is 2.17. The number of hydrogen-bond donors (Lipinski definition) is 1. The van der Waals surface area contributed by atoms with Gasteiger partial charge in [-0.2, -0.15) is 0 Å². The number of nitrogens with one attached hydrogen (secondary N) is 1. The smallest absolute Gasteiger partial charge is 0.0366 e. The minimum atomic E-state index is 0.414. The van der Waals surface area contributed by atoms with Gasteiger partial charge in [0.1, 0.15) is 0 Å². The standard InChI is InChI=1S/C16H21NS/c1-11-5-6-14(7-12(11)2)9-16(17-4)15-8-13(3)18-10-15/h5-8,10,16-17H,9H2,1-4H3. The maximum absolute atomic E-state index is 3.42. The molecule has 0 saturated heterocycles. The van der Waals surface area contributed by atoms with Crippen LogP contribution >= 0.6 is 11.3 Å². The summed E-state index contributed by atoms with van der Waals surface area (Å²) < 4.78 is 0. The Morgan fingerprint density at radius 3 is 2.44 bits per heavy atom. The SMILES string of the molecule is CNC(Cc1ccc(C)c(C)c1)c1csc(C)c1. The lowest BCUT2D eigenvalue weighted by atomic mass is 9.98. The van der Waals surface area contributed by atoms with Crippen molar-refractivity contribution in [2.75, 3.05) is 7.05 Å². The minimum Gasteiger partial charge on any atom is -0.313 e. The van der Waals surface area contributed by atoms with Crippen molar-refractivity contribution >= 4 is 11.3 Å². The molecule has 1 heterocycles. The topological polar surface area (TPSA) is 12.0 Å². The molecule has 1 atom stereocenters. The third kappa shape index (κ3) is 3.01. The van der Waals surface area contributed by atoms with E-state index in [0.29, 0.717) is 6.04 Å². The molecule has 18 heavy (non-hydrogen) atoms. The van der Waals surface area contributed by atoms with Gasteiger partial charge in [0.05, 0.1) is 0 Å². The first kappa shape index (κ1) is 13.3. The molecular weight excluding hydrogens is 238 g/mol. The number of thiophene rings is 1. The average Bonchev–Trinajstić information content (AvgIpc) is 2.77. The Bertz CT molecular complexity index is 528. The van der Waals surface area contributed by atoms with E-state index >= 15 is 0 Å². The predicted molar refractivity (Wildman–Crippen MR) is 80.5 cm³/mol. The van der Waals surface area contributed by atoms with Crippen molar-refractivity contribution in [3.8, 4) is 0 Å². The normalized spacial score (nSPS) is 12.7. The number of aryl methyl sites for hydroxylation is 3. The fourth-order valence-corrected chi connectivity index (χ4v) is 2.96. The summed E-state index contributed by atoms with van der Waals surface area (Å²) in [6.07, 6.45) is 1.05. The lowest BCUT2D eigenvalue weighted by molar-refractivity contribution is 0.593. The van der Waals surface area contributed by atoms with Crippen LogP contribution in [0.15, 0.2) is 29.6 Å². The van der Waals surface area contributed by atoms with Gasteiger partial charge in [0.25, 0.3) is 0 Å². The summed E-state index contributed by atoms with van der Waals surface area (Å²) in [5.41, 5.74) is 5.55. The van der Waals surface area contributed by atoms with Crippen LogP contribution in [-0.2, 0) is 6.42 Å². The molecule has 2 heteroatoms. The van der Waals surface area contributed by atoms with E-state index in [1.54, 1.807) is 0 Å². The predicted octanol–water partition coefficient (Wildman–Crippen LogP) is 4.18. The van der Waals surface area contributed by atoms with Crippen molar-refractivity contribution in [2.45, 2.75) is 33.2 Å². The Hall–Kier alpha value is -1.12. The third-order valence-electron chi connectivity index (χ3n) is 3.51. The zero-order valence-corrected chi connectivity index (χ0v) is 12.4. The van der Waals surface area contributed by atoms with E-state index in [2.05, 4.69) is 55.7 Å². The van der Waals surface area contributed by atoms with Gasteiger partial charge in [0, 0.05) is 10.9 Å². The molecule has 96 valence electrons. The summed E-state index contributed by atoms with van der Waals surface area (Å²) in [6.45, 7) is 6.51. The van der Waals surface area contributed by atoms with Crippen molar-refractivity contribution in [2.24, 2.45) is 0 Å². The average molecular weight is 259 g/mol. The Labute approximate surface area is 114 Å². The van der Waals surface area contributed by atoms with Gasteiger partial charge in [0.15, 0.2) is 0 Å². The molecule has 0 aliphatic rings. The van der Waals surface area contributed by atoms with Crippen LogP contribution in [0.2, 0.25) is 0 Å². The molecule has 1 unspecified atom stereocenters. The summed E-state index contributed by atoms with van der Waals surface area (Å²) in [5, 5.41) is 5.68. The van der Waals surface area contributed by atoms with Crippen molar-refractivity contribution < 1.29 is 0 Å². The first-order valence-corrected chi connectivity index (χ1v) is 7.26.